The zero-order valence-corrected chi connectivity index (χ0v) is 14.8. The number of benzene rings is 2. The molecule has 0 aromatic heterocycles. The maximum atomic E-state index is 6.51. The third kappa shape index (κ3) is 4.08. The summed E-state index contributed by atoms with van der Waals surface area (Å²) in [5, 5.41) is 8.57. The molecular weight excluding hydrogens is 315 g/mol. The first-order chi connectivity index (χ1) is 10.2. The van der Waals surface area contributed by atoms with Crippen LogP contribution in [-0.4, -0.2) is 0 Å². The van der Waals surface area contributed by atoms with Gasteiger partial charge in [-0.05, 0) is 38.8 Å². The van der Waals surface area contributed by atoms with Crippen LogP contribution in [0.25, 0.3) is 0 Å². The van der Waals surface area contributed by atoms with Crippen LogP contribution in [0.1, 0.15) is 36.1 Å². The number of nitrogens with zero attached hydrogens (tertiary/aromatic N) is 2. The lowest BCUT2D eigenvalue weighted by atomic mass is 10.1. The molecule has 22 heavy (non-hydrogen) atoms. The maximum absolute atomic E-state index is 6.51. The third-order valence-electron chi connectivity index (χ3n) is 3.58. The van der Waals surface area contributed by atoms with Crippen molar-refractivity contribution in [1.29, 1.82) is 0 Å². The van der Waals surface area contributed by atoms with Gasteiger partial charge < -0.3 is 0 Å². The van der Waals surface area contributed by atoms with Crippen molar-refractivity contribution in [2.75, 3.05) is 0 Å². The van der Waals surface area contributed by atoms with Crippen LogP contribution in [0.4, 0.5) is 0 Å². The van der Waals surface area contributed by atoms with Gasteiger partial charge in [-0.3, -0.25) is 0 Å². The van der Waals surface area contributed by atoms with Gasteiger partial charge in [0.2, 0.25) is 0 Å². The summed E-state index contributed by atoms with van der Waals surface area (Å²) in [5.74, 6) is 0. The summed E-state index contributed by atoms with van der Waals surface area (Å²) in [5.41, 5.74) is 4.13. The molecule has 0 saturated carbocycles. The molecule has 2 unspecified atom stereocenters. The van der Waals surface area contributed by atoms with Crippen LogP contribution >= 0.6 is 23.2 Å². The van der Waals surface area contributed by atoms with E-state index in [0.29, 0.717) is 0 Å². The first-order valence-corrected chi connectivity index (χ1v) is 7.92. The van der Waals surface area contributed by atoms with Gasteiger partial charge in [-0.2, -0.15) is 10.2 Å². The summed E-state index contributed by atoms with van der Waals surface area (Å²) >= 11 is 13.0. The van der Waals surface area contributed by atoms with Crippen LogP contribution in [0, 0.1) is 13.8 Å². The molecule has 0 aliphatic carbocycles. The monoisotopic (exact) mass is 334 g/mol. The number of alkyl halides is 2. The van der Waals surface area contributed by atoms with Crippen molar-refractivity contribution in [3.8, 4) is 0 Å². The number of rotatable bonds is 4. The Hall–Kier alpha value is -1.38. The van der Waals surface area contributed by atoms with E-state index in [0.717, 1.165) is 11.1 Å². The standard InChI is InChI=1S/C18H20Cl2N2/c1-13-5-9-15(10-6-13)17(3,19)21-22-18(4,20)16-11-7-14(2)8-12-16/h5-12H,1-4H3. The van der Waals surface area contributed by atoms with E-state index in [4.69, 9.17) is 23.2 Å². The van der Waals surface area contributed by atoms with Crippen molar-refractivity contribution >= 4 is 23.2 Å². The van der Waals surface area contributed by atoms with Gasteiger partial charge in [0.15, 0.2) is 10.00 Å². The van der Waals surface area contributed by atoms with Crippen molar-refractivity contribution in [1.82, 2.24) is 0 Å². The molecule has 0 fully saturated rings. The lowest BCUT2D eigenvalue weighted by molar-refractivity contribution is 0.577. The van der Waals surface area contributed by atoms with Gasteiger partial charge in [-0.15, -0.1) is 0 Å². The Balaban J connectivity index is 2.25. The van der Waals surface area contributed by atoms with E-state index in [-0.39, 0.29) is 0 Å². The molecule has 0 N–H and O–H groups in total. The number of aryl methyl sites for hydroxylation is 2. The Morgan fingerprint density at radius 2 is 0.909 bits per heavy atom. The van der Waals surface area contributed by atoms with Crippen molar-refractivity contribution in [3.05, 3.63) is 70.8 Å². The molecule has 0 bridgehead atoms. The van der Waals surface area contributed by atoms with E-state index < -0.39 is 10.00 Å². The molecule has 2 aromatic carbocycles. The SMILES string of the molecule is Cc1ccc(C(C)(Cl)N=NC(C)(Cl)c2ccc(C)cc2)cc1. The third-order valence-corrected chi connectivity index (χ3v) is 4.17. The Morgan fingerprint density at radius 3 is 1.18 bits per heavy atom. The average molecular weight is 335 g/mol. The highest BCUT2D eigenvalue weighted by molar-refractivity contribution is 6.24. The largest absolute Gasteiger partial charge is 0.176 e. The molecule has 0 aliphatic rings. The van der Waals surface area contributed by atoms with Crippen LogP contribution in [0.3, 0.4) is 0 Å². The second kappa shape index (κ2) is 6.39. The minimum atomic E-state index is -0.936. The number of hydrogen-bond donors (Lipinski definition) is 0. The maximum Gasteiger partial charge on any atom is 0.176 e. The smallest absolute Gasteiger partial charge is 0.164 e. The van der Waals surface area contributed by atoms with E-state index >= 15 is 0 Å². The fourth-order valence-corrected chi connectivity index (χ4v) is 2.35. The van der Waals surface area contributed by atoms with Crippen molar-refractivity contribution in [2.45, 2.75) is 37.7 Å². The molecule has 2 aromatic rings. The van der Waals surface area contributed by atoms with Crippen LogP contribution in [0.15, 0.2) is 58.8 Å². The second-order valence-electron chi connectivity index (χ2n) is 5.84. The summed E-state index contributed by atoms with van der Waals surface area (Å²) in [6, 6.07) is 15.8. The molecule has 0 radical (unpaired) electrons. The molecule has 4 heteroatoms. The average Bonchev–Trinajstić information content (AvgIpc) is 2.46. The van der Waals surface area contributed by atoms with Gasteiger partial charge in [0.1, 0.15) is 0 Å². The zero-order chi connectivity index (χ0) is 16.4. The summed E-state index contributed by atoms with van der Waals surface area (Å²) in [6.07, 6.45) is 0. The van der Waals surface area contributed by atoms with E-state index in [2.05, 4.69) is 10.2 Å². The quantitative estimate of drug-likeness (QED) is 0.357. The molecule has 0 amide bonds. The highest BCUT2D eigenvalue weighted by Crippen LogP contribution is 2.36. The first kappa shape index (κ1) is 17.0. The molecule has 0 aliphatic heterocycles. The summed E-state index contributed by atoms with van der Waals surface area (Å²) in [4.78, 5) is -1.87. The van der Waals surface area contributed by atoms with Crippen LogP contribution in [-0.2, 0) is 10.00 Å². The number of azo groups is 1. The molecule has 2 rings (SSSR count). The Bertz CT molecular complexity index is 597. The number of halogens is 2. The summed E-state index contributed by atoms with van der Waals surface area (Å²) < 4.78 is 0. The molecule has 2 nitrogen and oxygen atoms in total. The highest BCUT2D eigenvalue weighted by atomic mass is 35.5. The Kier molecular flexibility index (Phi) is 4.93. The van der Waals surface area contributed by atoms with Crippen molar-refractivity contribution in [2.24, 2.45) is 10.2 Å². The van der Waals surface area contributed by atoms with Gasteiger partial charge in [0.05, 0.1) is 0 Å². The fraction of sp³-hybridized carbons (Fsp3) is 0.333. The number of hydrogen-bond acceptors (Lipinski definition) is 2. The Labute approximate surface area is 142 Å². The summed E-state index contributed by atoms with van der Waals surface area (Å²) in [7, 11) is 0. The fourth-order valence-electron chi connectivity index (χ4n) is 2.02. The first-order valence-electron chi connectivity index (χ1n) is 7.17. The molecule has 0 heterocycles. The molecule has 0 saturated heterocycles. The Morgan fingerprint density at radius 1 is 0.636 bits per heavy atom. The second-order valence-corrected chi connectivity index (χ2v) is 7.31. The van der Waals surface area contributed by atoms with Gasteiger partial charge in [0.25, 0.3) is 0 Å². The predicted molar refractivity (Wildman–Crippen MR) is 93.6 cm³/mol. The van der Waals surface area contributed by atoms with Crippen molar-refractivity contribution < 1.29 is 0 Å². The lowest BCUT2D eigenvalue weighted by Crippen LogP contribution is -2.14. The van der Waals surface area contributed by atoms with E-state index in [1.54, 1.807) is 0 Å². The van der Waals surface area contributed by atoms with E-state index in [1.807, 2.05) is 76.2 Å². The molecule has 0 spiro atoms. The van der Waals surface area contributed by atoms with Gasteiger partial charge in [-0.1, -0.05) is 82.9 Å². The topological polar surface area (TPSA) is 24.7 Å². The van der Waals surface area contributed by atoms with Crippen LogP contribution < -0.4 is 0 Å². The lowest BCUT2D eigenvalue weighted by Gasteiger charge is -2.21. The molecular formula is C18H20Cl2N2. The molecule has 116 valence electrons. The van der Waals surface area contributed by atoms with Crippen molar-refractivity contribution in [3.63, 3.8) is 0 Å². The molecule has 2 atom stereocenters. The highest BCUT2D eigenvalue weighted by Gasteiger charge is 2.27. The van der Waals surface area contributed by atoms with E-state index in [9.17, 15) is 0 Å². The van der Waals surface area contributed by atoms with Crippen LogP contribution in [0.5, 0.6) is 0 Å². The summed E-state index contributed by atoms with van der Waals surface area (Å²) in [6.45, 7) is 7.68. The van der Waals surface area contributed by atoms with Gasteiger partial charge in [-0.25, -0.2) is 0 Å². The minimum absolute atomic E-state index is 0.889. The normalized spacial score (nSPS) is 17.2. The van der Waals surface area contributed by atoms with E-state index in [1.165, 1.54) is 11.1 Å². The predicted octanol–water partition coefficient (Wildman–Crippen LogP) is 6.28. The minimum Gasteiger partial charge on any atom is -0.164 e. The van der Waals surface area contributed by atoms with Crippen LogP contribution in [0.2, 0.25) is 0 Å². The van der Waals surface area contributed by atoms with Gasteiger partial charge in [0, 0.05) is 0 Å². The van der Waals surface area contributed by atoms with Gasteiger partial charge >= 0.3 is 0 Å². The zero-order valence-electron chi connectivity index (χ0n) is 13.3.